The van der Waals surface area contributed by atoms with E-state index in [2.05, 4.69) is 25.1 Å². The van der Waals surface area contributed by atoms with E-state index in [1.165, 1.54) is 11.2 Å². The second kappa shape index (κ2) is 13.5. The molecule has 0 aromatic heterocycles. The van der Waals surface area contributed by atoms with Crippen molar-refractivity contribution in [3.05, 3.63) is 77.0 Å². The first-order valence-corrected chi connectivity index (χ1v) is 19.9. The molecule has 7 rings (SSSR count). The summed E-state index contributed by atoms with van der Waals surface area (Å²) in [7, 11) is 0.348. The number of aliphatic carboxylic acids is 1. The maximum Gasteiger partial charge on any atom is 0.279 e. The molecule has 2 saturated heterocycles. The molecule has 4 atom stereocenters. The van der Waals surface area contributed by atoms with Gasteiger partial charge in [0.25, 0.3) is 15.9 Å². The van der Waals surface area contributed by atoms with Crippen LogP contribution in [0.1, 0.15) is 25.0 Å². The van der Waals surface area contributed by atoms with E-state index in [1.54, 1.807) is 19.1 Å². The molecule has 0 saturated carbocycles. The van der Waals surface area contributed by atoms with Gasteiger partial charge in [0.2, 0.25) is 5.91 Å². The molecule has 2 amide bonds. The first-order chi connectivity index (χ1) is 25.1. The zero-order valence-corrected chi connectivity index (χ0v) is 31.7. The average Bonchev–Trinajstić information content (AvgIpc) is 3.48. The zero-order valence-electron chi connectivity index (χ0n) is 30.9. The third-order valence-electron chi connectivity index (χ3n) is 12.3. The van der Waals surface area contributed by atoms with Gasteiger partial charge in [-0.15, -0.1) is 0 Å². The Balaban J connectivity index is 1.06. The molecular weight excluding hydrogens is 697 g/mol. The van der Waals surface area contributed by atoms with Crippen LogP contribution in [0.2, 0.25) is 0 Å². The number of aliphatic hydroxyl groups is 1. The number of hydrogen-bond donors (Lipinski definition) is 3. The number of likely N-dealkylation sites (N-methyl/N-ethyl adjacent to an activating group) is 2. The third-order valence-corrected chi connectivity index (χ3v) is 14.1. The van der Waals surface area contributed by atoms with E-state index in [1.807, 2.05) is 42.5 Å². The summed E-state index contributed by atoms with van der Waals surface area (Å²) < 4.78 is 30.9. The standard InChI is InChI=1S/C39H48N6O7S/c1-24-29(37(39(49)50)43-36(24)34(25(2)46)38(43)48)22-42-31-11-7-9-28-26(12-13-32(35(28)31)53(42,51)52)15-17-44(3)18-20-45(4,21-19-44)23-33(47)41-30-10-6-5-8-27(30)14-16-40/h5-13,24-25,34,36,46H,14-23,40H2,1-4H3/p+2. The van der Waals surface area contributed by atoms with Crippen molar-refractivity contribution in [3.8, 4) is 0 Å². The highest BCUT2D eigenvalue weighted by Gasteiger charge is 2.59. The lowest BCUT2D eigenvalue weighted by atomic mass is 9.78. The number of aliphatic hydroxyl groups excluding tert-OH is 1. The monoisotopic (exact) mass is 746 g/mol. The zero-order chi connectivity index (χ0) is 38.0. The van der Waals surface area contributed by atoms with Crippen LogP contribution in [0.15, 0.2) is 70.8 Å². The molecule has 5 N–H and O–H groups in total. The van der Waals surface area contributed by atoms with E-state index >= 15 is 0 Å². The summed E-state index contributed by atoms with van der Waals surface area (Å²) in [4.78, 5) is 39.7. The molecule has 4 aliphatic rings. The number of carbonyl (C=O) groups is 3. The number of para-hydroxylation sites is 1. The van der Waals surface area contributed by atoms with Crippen LogP contribution in [0, 0.1) is 11.8 Å². The van der Waals surface area contributed by atoms with Crippen molar-refractivity contribution in [2.24, 2.45) is 11.8 Å². The molecule has 3 aromatic rings. The van der Waals surface area contributed by atoms with E-state index in [-0.39, 0.29) is 23.0 Å². The highest BCUT2D eigenvalue weighted by atomic mass is 32.2. The van der Waals surface area contributed by atoms with Crippen LogP contribution < -0.4 is 20.5 Å². The fourth-order valence-corrected chi connectivity index (χ4v) is 10.7. The lowest BCUT2D eigenvalue weighted by Gasteiger charge is -2.47. The fourth-order valence-electron chi connectivity index (χ4n) is 9.02. The topological polar surface area (TPSA) is 175 Å². The maximum atomic E-state index is 14.1. The number of carbonyl (C=O) groups excluding carboxylic acids is 3. The predicted molar refractivity (Wildman–Crippen MR) is 197 cm³/mol. The van der Waals surface area contributed by atoms with Crippen LogP contribution in [0.4, 0.5) is 11.4 Å². The van der Waals surface area contributed by atoms with Crippen LogP contribution in [0.5, 0.6) is 0 Å². The van der Waals surface area contributed by atoms with Gasteiger partial charge >= 0.3 is 0 Å². The number of carboxylic acids is 1. The summed E-state index contributed by atoms with van der Waals surface area (Å²) in [5.41, 5.74) is 7.40. The lowest BCUT2D eigenvalue weighted by molar-refractivity contribution is -1.01. The SMILES string of the molecule is CC(O)C1C(=O)N2C(C(=O)[O-])=C(CN3c4cccc5c(CC[N+]6(C)CC[N+](C)(CC(=O)Nc7ccccc7CC[NH3+])CC6)ccc(c45)S3(=O)=O)C(C)C12. The Kier molecular flexibility index (Phi) is 9.43. The van der Waals surface area contributed by atoms with E-state index < -0.39 is 45.9 Å². The number of amides is 2. The van der Waals surface area contributed by atoms with Gasteiger partial charge < -0.3 is 39.9 Å². The molecule has 14 heteroatoms. The second-order valence-electron chi connectivity index (χ2n) is 15.9. The molecule has 0 spiro atoms. The number of quaternary nitrogens is 3. The van der Waals surface area contributed by atoms with Gasteiger partial charge in [0.15, 0.2) is 6.54 Å². The van der Waals surface area contributed by atoms with Gasteiger partial charge in [-0.05, 0) is 47.2 Å². The number of piperazine rings is 1. The fraction of sp³-hybridized carbons (Fsp3) is 0.462. The molecule has 0 aliphatic carbocycles. The van der Waals surface area contributed by atoms with Gasteiger partial charge in [0.05, 0.1) is 74.0 Å². The third kappa shape index (κ3) is 6.29. The minimum absolute atomic E-state index is 0.00818. The molecule has 282 valence electrons. The molecule has 4 heterocycles. The van der Waals surface area contributed by atoms with Crippen molar-refractivity contribution in [2.75, 3.05) is 76.1 Å². The highest BCUT2D eigenvalue weighted by Crippen LogP contribution is 2.49. The van der Waals surface area contributed by atoms with Gasteiger partial charge in [0, 0.05) is 29.8 Å². The number of benzene rings is 3. The highest BCUT2D eigenvalue weighted by molar-refractivity contribution is 7.93. The summed E-state index contributed by atoms with van der Waals surface area (Å²) in [5.74, 6) is -3.27. The largest absolute Gasteiger partial charge is 0.543 e. The molecule has 0 bridgehead atoms. The predicted octanol–water partition coefficient (Wildman–Crippen LogP) is 0.0824. The molecule has 53 heavy (non-hydrogen) atoms. The van der Waals surface area contributed by atoms with Gasteiger partial charge in [-0.2, -0.15) is 0 Å². The molecule has 13 nitrogen and oxygen atoms in total. The van der Waals surface area contributed by atoms with Crippen LogP contribution in [0.3, 0.4) is 0 Å². The quantitative estimate of drug-likeness (QED) is 0.174. The summed E-state index contributed by atoms with van der Waals surface area (Å²) in [6.45, 7) is 8.53. The van der Waals surface area contributed by atoms with Crippen molar-refractivity contribution in [1.82, 2.24) is 4.90 Å². The second-order valence-corrected chi connectivity index (χ2v) is 17.8. The Morgan fingerprint density at radius 2 is 1.70 bits per heavy atom. The lowest BCUT2D eigenvalue weighted by Crippen LogP contribution is -2.65. The molecular formula is C39H50N6O7S+2. The number of sulfonamides is 1. The number of rotatable bonds is 12. The van der Waals surface area contributed by atoms with Crippen molar-refractivity contribution in [3.63, 3.8) is 0 Å². The average molecular weight is 747 g/mol. The number of nitrogens with zero attached hydrogens (tertiary/aromatic N) is 4. The van der Waals surface area contributed by atoms with Crippen LogP contribution >= 0.6 is 0 Å². The van der Waals surface area contributed by atoms with E-state index in [4.69, 9.17) is 0 Å². The van der Waals surface area contributed by atoms with Crippen molar-refractivity contribution < 1.29 is 47.7 Å². The summed E-state index contributed by atoms with van der Waals surface area (Å²) in [6, 6.07) is 16.4. The molecule has 0 radical (unpaired) electrons. The van der Waals surface area contributed by atoms with Crippen LogP contribution in [-0.2, 0) is 37.2 Å². The van der Waals surface area contributed by atoms with Crippen LogP contribution in [0.25, 0.3) is 10.8 Å². The van der Waals surface area contributed by atoms with Crippen molar-refractivity contribution >= 4 is 50.0 Å². The number of β-lactam (4-membered cyclic amide) rings is 1. The Morgan fingerprint density at radius 3 is 2.38 bits per heavy atom. The first-order valence-electron chi connectivity index (χ1n) is 18.5. The Labute approximate surface area is 310 Å². The summed E-state index contributed by atoms with van der Waals surface area (Å²) >= 11 is 0. The normalized spacial score (nSPS) is 27.9. The summed E-state index contributed by atoms with van der Waals surface area (Å²) in [6.07, 6.45) is 0.561. The smallest absolute Gasteiger partial charge is 0.279 e. The van der Waals surface area contributed by atoms with Crippen LogP contribution in [-0.4, -0.2) is 124 Å². The van der Waals surface area contributed by atoms with E-state index in [9.17, 15) is 33.0 Å². The Hall–Kier alpha value is -4.34. The maximum absolute atomic E-state index is 14.1. The van der Waals surface area contributed by atoms with Crippen molar-refractivity contribution in [2.45, 2.75) is 43.7 Å². The summed E-state index contributed by atoms with van der Waals surface area (Å²) in [5, 5.41) is 27.2. The Morgan fingerprint density at radius 1 is 1.00 bits per heavy atom. The van der Waals surface area contributed by atoms with Crippen molar-refractivity contribution in [1.29, 1.82) is 0 Å². The molecule has 4 unspecified atom stereocenters. The number of anilines is 2. The van der Waals surface area contributed by atoms with Gasteiger partial charge in [-0.3, -0.25) is 13.9 Å². The first kappa shape index (κ1) is 37.0. The number of fused-ring (bicyclic) bond motifs is 1. The minimum atomic E-state index is -4.04. The molecule has 2 fully saturated rings. The van der Waals surface area contributed by atoms with Gasteiger partial charge in [-0.25, -0.2) is 8.42 Å². The Bertz CT molecular complexity index is 2140. The molecule has 3 aromatic carbocycles. The number of hydrogen-bond acceptors (Lipinski definition) is 7. The van der Waals surface area contributed by atoms with E-state index in [0.29, 0.717) is 27.7 Å². The molecule has 4 aliphatic heterocycles. The number of carboxylic acid groups (broad SMARTS) is 1. The van der Waals surface area contributed by atoms with Gasteiger partial charge in [0.1, 0.15) is 26.2 Å². The number of nitrogens with one attached hydrogen (secondary N) is 1. The minimum Gasteiger partial charge on any atom is -0.543 e. The van der Waals surface area contributed by atoms with E-state index in [0.717, 1.165) is 83.7 Å². The van der Waals surface area contributed by atoms with Gasteiger partial charge in [-0.1, -0.05) is 43.3 Å².